The molecule has 0 saturated heterocycles. The first-order chi connectivity index (χ1) is 6.68. The molecule has 0 rings (SSSR count). The molecule has 0 N–H and O–H groups in total. The van der Waals surface area contributed by atoms with E-state index in [4.69, 9.17) is 18.9 Å². The van der Waals surface area contributed by atoms with E-state index in [0.29, 0.717) is 26.4 Å². The third-order valence-electron chi connectivity index (χ3n) is 2.03. The molecule has 0 saturated carbocycles. The molecule has 0 heterocycles. The van der Waals surface area contributed by atoms with Crippen LogP contribution < -0.4 is 0 Å². The van der Waals surface area contributed by atoms with Gasteiger partial charge in [-0.05, 0) is 13.3 Å². The monoisotopic (exact) mass is 206 g/mol. The molecule has 0 aliphatic rings. The van der Waals surface area contributed by atoms with E-state index in [1.165, 1.54) is 0 Å². The van der Waals surface area contributed by atoms with Gasteiger partial charge in [0.05, 0.1) is 26.4 Å². The van der Waals surface area contributed by atoms with Crippen LogP contribution in [0.15, 0.2) is 0 Å². The maximum absolute atomic E-state index is 5.56. The molecular weight excluding hydrogens is 184 g/mol. The Kier molecular flexibility index (Phi) is 8.08. The van der Waals surface area contributed by atoms with E-state index in [2.05, 4.69) is 0 Å². The highest BCUT2D eigenvalue weighted by atomic mass is 16.7. The maximum atomic E-state index is 5.56. The zero-order chi connectivity index (χ0) is 10.9. The molecule has 0 aliphatic carbocycles. The van der Waals surface area contributed by atoms with E-state index in [1.54, 1.807) is 14.2 Å². The molecule has 0 fully saturated rings. The number of ether oxygens (including phenoxy) is 4. The Morgan fingerprint density at radius 3 is 1.57 bits per heavy atom. The predicted octanol–water partition coefficient (Wildman–Crippen LogP) is 1.44. The summed E-state index contributed by atoms with van der Waals surface area (Å²) < 4.78 is 20.9. The first kappa shape index (κ1) is 13.8. The van der Waals surface area contributed by atoms with Gasteiger partial charge in [0.2, 0.25) is 0 Å². The first-order valence-corrected chi connectivity index (χ1v) is 4.94. The lowest BCUT2D eigenvalue weighted by Crippen LogP contribution is -2.34. The Morgan fingerprint density at radius 2 is 1.29 bits per heavy atom. The highest BCUT2D eigenvalue weighted by Gasteiger charge is 2.22. The van der Waals surface area contributed by atoms with Crippen molar-refractivity contribution >= 4 is 0 Å². The van der Waals surface area contributed by atoms with E-state index in [9.17, 15) is 0 Å². The van der Waals surface area contributed by atoms with Crippen molar-refractivity contribution in [2.75, 3.05) is 40.6 Å². The van der Waals surface area contributed by atoms with Gasteiger partial charge in [0.25, 0.3) is 0 Å². The van der Waals surface area contributed by atoms with E-state index >= 15 is 0 Å². The molecule has 14 heavy (non-hydrogen) atoms. The Morgan fingerprint density at radius 1 is 0.857 bits per heavy atom. The van der Waals surface area contributed by atoms with Crippen molar-refractivity contribution in [1.29, 1.82) is 0 Å². The maximum Gasteiger partial charge on any atom is 0.165 e. The largest absolute Gasteiger partial charge is 0.382 e. The van der Waals surface area contributed by atoms with Crippen LogP contribution >= 0.6 is 0 Å². The van der Waals surface area contributed by atoms with Crippen molar-refractivity contribution < 1.29 is 18.9 Å². The molecule has 0 unspecified atom stereocenters. The molecule has 0 radical (unpaired) electrons. The minimum absolute atomic E-state index is 0.517. The lowest BCUT2D eigenvalue weighted by Gasteiger charge is -2.28. The zero-order valence-electron chi connectivity index (χ0n) is 9.67. The summed E-state index contributed by atoms with van der Waals surface area (Å²) in [5, 5.41) is 0. The molecule has 0 bridgehead atoms. The van der Waals surface area contributed by atoms with E-state index in [1.807, 2.05) is 13.8 Å². The summed E-state index contributed by atoms with van der Waals surface area (Å²) in [6, 6.07) is 0. The summed E-state index contributed by atoms with van der Waals surface area (Å²) in [5.41, 5.74) is 0. The van der Waals surface area contributed by atoms with Crippen LogP contribution in [0.4, 0.5) is 0 Å². The van der Waals surface area contributed by atoms with Crippen LogP contribution in [0.1, 0.15) is 20.3 Å². The molecular formula is C10H22O4. The quantitative estimate of drug-likeness (QED) is 0.422. The summed E-state index contributed by atoms with van der Waals surface area (Å²) in [7, 11) is 3.30. The van der Waals surface area contributed by atoms with Gasteiger partial charge in [-0.25, -0.2) is 0 Å². The Labute approximate surface area is 86.5 Å². The molecule has 0 atom stereocenters. The minimum Gasteiger partial charge on any atom is -0.382 e. The highest BCUT2D eigenvalue weighted by molar-refractivity contribution is 4.59. The number of rotatable bonds is 9. The summed E-state index contributed by atoms with van der Waals surface area (Å²) in [6.45, 7) is 6.23. The predicted molar refractivity (Wildman–Crippen MR) is 54.4 cm³/mol. The molecule has 0 aromatic carbocycles. The van der Waals surface area contributed by atoms with Gasteiger partial charge in [-0.2, -0.15) is 0 Å². The smallest absolute Gasteiger partial charge is 0.165 e. The average Bonchev–Trinajstić information content (AvgIpc) is 2.19. The van der Waals surface area contributed by atoms with Crippen LogP contribution in [0.3, 0.4) is 0 Å². The highest BCUT2D eigenvalue weighted by Crippen LogP contribution is 2.16. The number of methoxy groups -OCH3 is 2. The third-order valence-corrected chi connectivity index (χ3v) is 2.03. The van der Waals surface area contributed by atoms with Crippen LogP contribution in [0.5, 0.6) is 0 Å². The summed E-state index contributed by atoms with van der Waals surface area (Å²) in [6.07, 6.45) is 0.806. The Bertz CT molecular complexity index is 117. The average molecular weight is 206 g/mol. The van der Waals surface area contributed by atoms with Crippen LogP contribution in [0.2, 0.25) is 0 Å². The van der Waals surface area contributed by atoms with Crippen molar-refractivity contribution in [2.45, 2.75) is 26.1 Å². The second-order valence-corrected chi connectivity index (χ2v) is 3.17. The molecule has 86 valence electrons. The van der Waals surface area contributed by atoms with Crippen LogP contribution in [-0.4, -0.2) is 46.4 Å². The normalized spacial score (nSPS) is 12.0. The van der Waals surface area contributed by atoms with Crippen molar-refractivity contribution in [3.8, 4) is 0 Å². The Balaban J connectivity index is 3.67. The van der Waals surface area contributed by atoms with Gasteiger partial charge in [0, 0.05) is 14.2 Å². The van der Waals surface area contributed by atoms with Crippen molar-refractivity contribution in [1.82, 2.24) is 0 Å². The van der Waals surface area contributed by atoms with Gasteiger partial charge in [-0.1, -0.05) is 6.92 Å². The van der Waals surface area contributed by atoms with Gasteiger partial charge in [-0.15, -0.1) is 0 Å². The van der Waals surface area contributed by atoms with Crippen molar-refractivity contribution in [2.24, 2.45) is 0 Å². The summed E-state index contributed by atoms with van der Waals surface area (Å²) in [5.74, 6) is -0.517. The first-order valence-electron chi connectivity index (χ1n) is 4.94. The standard InChI is InChI=1S/C10H22O4/c1-5-10(2,13-8-6-11-3)14-9-7-12-4/h5-9H2,1-4H3. The summed E-state index contributed by atoms with van der Waals surface area (Å²) in [4.78, 5) is 0. The van der Waals surface area contributed by atoms with Crippen LogP contribution in [0, 0.1) is 0 Å². The van der Waals surface area contributed by atoms with E-state index < -0.39 is 5.79 Å². The Hall–Kier alpha value is -0.160. The lowest BCUT2D eigenvalue weighted by atomic mass is 10.2. The molecule has 4 heteroatoms. The second-order valence-electron chi connectivity index (χ2n) is 3.17. The van der Waals surface area contributed by atoms with Gasteiger partial charge in [0.15, 0.2) is 5.79 Å². The number of hydrogen-bond acceptors (Lipinski definition) is 4. The van der Waals surface area contributed by atoms with Crippen LogP contribution in [0.25, 0.3) is 0 Å². The van der Waals surface area contributed by atoms with E-state index in [0.717, 1.165) is 6.42 Å². The van der Waals surface area contributed by atoms with Gasteiger partial charge in [0.1, 0.15) is 0 Å². The molecule has 0 spiro atoms. The molecule has 0 amide bonds. The number of hydrogen-bond donors (Lipinski definition) is 0. The third kappa shape index (κ3) is 6.32. The van der Waals surface area contributed by atoms with Gasteiger partial charge < -0.3 is 18.9 Å². The van der Waals surface area contributed by atoms with Crippen LogP contribution in [-0.2, 0) is 18.9 Å². The van der Waals surface area contributed by atoms with Crippen molar-refractivity contribution in [3.63, 3.8) is 0 Å². The SMILES string of the molecule is CCC(C)(OCCOC)OCCOC. The van der Waals surface area contributed by atoms with Gasteiger partial charge >= 0.3 is 0 Å². The fourth-order valence-electron chi connectivity index (χ4n) is 0.928. The topological polar surface area (TPSA) is 36.9 Å². The lowest BCUT2D eigenvalue weighted by molar-refractivity contribution is -0.234. The second kappa shape index (κ2) is 8.17. The minimum atomic E-state index is -0.517. The molecule has 4 nitrogen and oxygen atoms in total. The zero-order valence-corrected chi connectivity index (χ0v) is 9.67. The fraction of sp³-hybridized carbons (Fsp3) is 1.00. The van der Waals surface area contributed by atoms with Crippen molar-refractivity contribution in [3.05, 3.63) is 0 Å². The van der Waals surface area contributed by atoms with E-state index in [-0.39, 0.29) is 0 Å². The molecule has 0 aromatic rings. The van der Waals surface area contributed by atoms with Gasteiger partial charge in [-0.3, -0.25) is 0 Å². The summed E-state index contributed by atoms with van der Waals surface area (Å²) >= 11 is 0. The molecule has 0 aliphatic heterocycles. The molecule has 0 aromatic heterocycles. The fourth-order valence-corrected chi connectivity index (χ4v) is 0.928.